The van der Waals surface area contributed by atoms with Crippen molar-refractivity contribution in [1.29, 1.82) is 0 Å². The maximum absolute atomic E-state index is 13.4. The zero-order valence-electron chi connectivity index (χ0n) is 7.33. The molecule has 0 atom stereocenters. The van der Waals surface area contributed by atoms with Crippen LogP contribution in [0.2, 0.25) is 0 Å². The molecule has 0 aliphatic rings. The van der Waals surface area contributed by atoms with Gasteiger partial charge in [-0.05, 0) is 22.6 Å². The minimum absolute atomic E-state index is 0.171. The molecule has 7 heteroatoms. The molecule has 1 heterocycles. The summed E-state index contributed by atoms with van der Waals surface area (Å²) in [5.41, 5.74) is -0.364. The molecule has 1 aromatic carbocycles. The minimum Gasteiger partial charge on any atom is -0.478 e. The summed E-state index contributed by atoms with van der Waals surface area (Å²) in [4.78, 5) is 10.8. The first kappa shape index (κ1) is 9.25. The molecule has 2 rings (SSSR count). The van der Waals surface area contributed by atoms with Crippen molar-refractivity contribution < 1.29 is 14.3 Å². The molecule has 0 bridgehead atoms. The summed E-state index contributed by atoms with van der Waals surface area (Å²) in [6.07, 6.45) is 1.13. The molecule has 0 fully saturated rings. The fraction of sp³-hybridized carbons (Fsp3) is 0. The molecule has 0 unspecified atom stereocenters. The highest BCUT2D eigenvalue weighted by Gasteiger charge is 2.16. The molecule has 0 spiro atoms. The van der Waals surface area contributed by atoms with E-state index in [1.165, 1.54) is 12.1 Å². The second-order valence-electron chi connectivity index (χ2n) is 2.70. The molecule has 0 saturated heterocycles. The van der Waals surface area contributed by atoms with E-state index in [0.29, 0.717) is 0 Å². The van der Waals surface area contributed by atoms with Crippen LogP contribution in [-0.2, 0) is 0 Å². The molecule has 6 nitrogen and oxygen atoms in total. The Morgan fingerprint density at radius 3 is 2.87 bits per heavy atom. The highest BCUT2D eigenvalue weighted by Crippen LogP contribution is 2.16. The Kier molecular flexibility index (Phi) is 2.13. The molecule has 0 saturated carbocycles. The van der Waals surface area contributed by atoms with Crippen molar-refractivity contribution in [2.24, 2.45) is 0 Å². The highest BCUT2D eigenvalue weighted by molar-refractivity contribution is 5.91. The van der Waals surface area contributed by atoms with Crippen molar-refractivity contribution in [3.63, 3.8) is 0 Å². The number of hydrogen-bond donors (Lipinski definition) is 1. The summed E-state index contributed by atoms with van der Waals surface area (Å²) in [7, 11) is 0. The smallest absolute Gasteiger partial charge is 0.338 e. The van der Waals surface area contributed by atoms with Crippen molar-refractivity contribution in [2.45, 2.75) is 0 Å². The number of aromatic nitrogens is 4. The summed E-state index contributed by atoms with van der Waals surface area (Å²) in [5.74, 6) is -1.93. The van der Waals surface area contributed by atoms with Crippen LogP contribution in [-0.4, -0.2) is 31.3 Å². The maximum atomic E-state index is 13.4. The normalized spacial score (nSPS) is 10.2. The van der Waals surface area contributed by atoms with E-state index in [4.69, 9.17) is 5.11 Å². The number of benzene rings is 1. The largest absolute Gasteiger partial charge is 0.478 e. The van der Waals surface area contributed by atoms with E-state index >= 15 is 0 Å². The first-order valence-electron chi connectivity index (χ1n) is 3.95. The van der Waals surface area contributed by atoms with Gasteiger partial charge in [0.25, 0.3) is 0 Å². The van der Waals surface area contributed by atoms with E-state index in [-0.39, 0.29) is 11.3 Å². The topological polar surface area (TPSA) is 80.9 Å². The van der Waals surface area contributed by atoms with E-state index in [9.17, 15) is 9.18 Å². The van der Waals surface area contributed by atoms with Crippen molar-refractivity contribution in [3.05, 3.63) is 35.9 Å². The van der Waals surface area contributed by atoms with Gasteiger partial charge < -0.3 is 5.11 Å². The van der Waals surface area contributed by atoms with Gasteiger partial charge in [0, 0.05) is 0 Å². The molecule has 1 N–H and O–H groups in total. The number of carboxylic acid groups (broad SMARTS) is 1. The number of halogens is 1. The number of carbonyl (C=O) groups is 1. The quantitative estimate of drug-likeness (QED) is 0.777. The third kappa shape index (κ3) is 1.54. The van der Waals surface area contributed by atoms with Crippen LogP contribution in [0.3, 0.4) is 0 Å². The Balaban J connectivity index is 2.68. The lowest BCUT2D eigenvalue weighted by atomic mass is 10.1. The number of nitrogens with zero attached hydrogens (tertiary/aromatic N) is 4. The Bertz CT molecular complexity index is 497. The second-order valence-corrected chi connectivity index (χ2v) is 2.70. The Morgan fingerprint density at radius 2 is 2.27 bits per heavy atom. The Morgan fingerprint density at radius 1 is 1.47 bits per heavy atom. The van der Waals surface area contributed by atoms with Gasteiger partial charge in [-0.3, -0.25) is 0 Å². The second kappa shape index (κ2) is 3.45. The van der Waals surface area contributed by atoms with Crippen LogP contribution in [0.25, 0.3) is 5.69 Å². The molecule has 15 heavy (non-hydrogen) atoms. The van der Waals surface area contributed by atoms with Crippen LogP contribution < -0.4 is 0 Å². The van der Waals surface area contributed by atoms with E-state index in [0.717, 1.165) is 17.1 Å². The van der Waals surface area contributed by atoms with E-state index in [1.807, 2.05) is 0 Å². The number of hydrogen-bond acceptors (Lipinski definition) is 4. The number of aromatic carboxylic acids is 1. The van der Waals surface area contributed by atoms with Gasteiger partial charge >= 0.3 is 5.97 Å². The lowest BCUT2D eigenvalue weighted by Crippen LogP contribution is -2.08. The summed E-state index contributed by atoms with van der Waals surface area (Å²) >= 11 is 0. The molecule has 76 valence electrons. The predicted octanol–water partition coefficient (Wildman–Crippen LogP) is 0.500. The fourth-order valence-electron chi connectivity index (χ4n) is 1.18. The lowest BCUT2D eigenvalue weighted by molar-refractivity contribution is 0.0696. The summed E-state index contributed by atoms with van der Waals surface area (Å²) in [5, 5.41) is 18.9. The molecule has 1 aromatic heterocycles. The van der Waals surface area contributed by atoms with Crippen molar-refractivity contribution in [2.75, 3.05) is 0 Å². The molecule has 2 aromatic rings. The number of rotatable bonds is 2. The first-order chi connectivity index (χ1) is 7.20. The van der Waals surface area contributed by atoms with Gasteiger partial charge in [-0.25, -0.2) is 9.18 Å². The average Bonchev–Trinajstić information content (AvgIpc) is 2.70. The van der Waals surface area contributed by atoms with Gasteiger partial charge in [-0.1, -0.05) is 6.07 Å². The van der Waals surface area contributed by atoms with Gasteiger partial charge in [-0.15, -0.1) is 5.10 Å². The van der Waals surface area contributed by atoms with Gasteiger partial charge in [0.1, 0.15) is 17.8 Å². The van der Waals surface area contributed by atoms with Crippen LogP contribution >= 0.6 is 0 Å². The Labute approximate surface area is 83.0 Å². The van der Waals surface area contributed by atoms with Crippen LogP contribution in [0.4, 0.5) is 4.39 Å². The number of tetrazole rings is 1. The minimum atomic E-state index is -1.24. The molecule has 0 aliphatic heterocycles. The zero-order chi connectivity index (χ0) is 10.8. The standard InChI is InChI=1S/C8H5FN4O2/c9-6-3-1-2-5(8(14)15)7(6)13-4-10-11-12-13/h1-4H,(H,14,15). The van der Waals surface area contributed by atoms with E-state index in [2.05, 4.69) is 15.5 Å². The Hall–Kier alpha value is -2.31. The van der Waals surface area contributed by atoms with Gasteiger partial charge in [0.2, 0.25) is 0 Å². The first-order valence-corrected chi connectivity index (χ1v) is 3.95. The summed E-state index contributed by atoms with van der Waals surface area (Å²) in [6, 6.07) is 3.73. The molecular formula is C8H5FN4O2. The van der Waals surface area contributed by atoms with E-state index < -0.39 is 11.8 Å². The number of carboxylic acids is 1. The maximum Gasteiger partial charge on any atom is 0.338 e. The van der Waals surface area contributed by atoms with Crippen LogP contribution in [0.15, 0.2) is 24.5 Å². The zero-order valence-corrected chi connectivity index (χ0v) is 7.33. The van der Waals surface area contributed by atoms with Crippen molar-refractivity contribution >= 4 is 5.97 Å². The van der Waals surface area contributed by atoms with Crippen LogP contribution in [0, 0.1) is 5.82 Å². The third-order valence-corrected chi connectivity index (χ3v) is 1.80. The van der Waals surface area contributed by atoms with Gasteiger partial charge in [-0.2, -0.15) is 4.68 Å². The predicted molar refractivity (Wildman–Crippen MR) is 46.1 cm³/mol. The van der Waals surface area contributed by atoms with Crippen molar-refractivity contribution in [3.8, 4) is 5.69 Å². The number of para-hydroxylation sites is 1. The molecular weight excluding hydrogens is 203 g/mol. The lowest BCUT2D eigenvalue weighted by Gasteiger charge is -2.04. The molecule has 0 radical (unpaired) electrons. The summed E-state index contributed by atoms with van der Waals surface area (Å²) < 4.78 is 14.4. The molecule has 0 aliphatic carbocycles. The van der Waals surface area contributed by atoms with Crippen LogP contribution in [0.1, 0.15) is 10.4 Å². The third-order valence-electron chi connectivity index (χ3n) is 1.80. The van der Waals surface area contributed by atoms with Crippen molar-refractivity contribution in [1.82, 2.24) is 20.2 Å². The SMILES string of the molecule is O=C(O)c1cccc(F)c1-n1cnnn1. The van der Waals surface area contributed by atoms with Gasteiger partial charge in [0.05, 0.1) is 5.56 Å². The molecule has 0 amide bonds. The highest BCUT2D eigenvalue weighted by atomic mass is 19.1. The van der Waals surface area contributed by atoms with E-state index in [1.54, 1.807) is 0 Å². The average molecular weight is 208 g/mol. The fourth-order valence-corrected chi connectivity index (χ4v) is 1.18. The van der Waals surface area contributed by atoms with Gasteiger partial charge in [0.15, 0.2) is 0 Å². The van der Waals surface area contributed by atoms with Crippen LogP contribution in [0.5, 0.6) is 0 Å². The monoisotopic (exact) mass is 208 g/mol. The summed E-state index contributed by atoms with van der Waals surface area (Å²) in [6.45, 7) is 0.